The molecule has 0 amide bonds. The van der Waals surface area contributed by atoms with Gasteiger partial charge in [0.25, 0.3) is 0 Å². The van der Waals surface area contributed by atoms with Gasteiger partial charge in [0.2, 0.25) is 0 Å². The van der Waals surface area contributed by atoms with Crippen LogP contribution < -0.4 is 5.32 Å². The minimum absolute atomic E-state index is 0.153. The highest BCUT2D eigenvalue weighted by Gasteiger charge is 2.37. The molecule has 0 radical (unpaired) electrons. The number of hydrogen-bond donors (Lipinski definition) is 1. The van der Waals surface area contributed by atoms with Crippen LogP contribution in [0.25, 0.3) is 0 Å². The first-order valence-corrected chi connectivity index (χ1v) is 7.50. The highest BCUT2D eigenvalue weighted by molar-refractivity contribution is 5.80. The van der Waals surface area contributed by atoms with Gasteiger partial charge in [0, 0.05) is 12.6 Å². The third kappa shape index (κ3) is 4.46. The first-order valence-electron chi connectivity index (χ1n) is 7.50. The van der Waals surface area contributed by atoms with Crippen molar-refractivity contribution < 1.29 is 9.53 Å². The van der Waals surface area contributed by atoms with Gasteiger partial charge < -0.3 is 15.0 Å². The number of ether oxygens (including phenoxy) is 1. The van der Waals surface area contributed by atoms with Crippen LogP contribution in [0.5, 0.6) is 0 Å². The molecule has 4 nitrogen and oxygen atoms in total. The van der Waals surface area contributed by atoms with Gasteiger partial charge in [0.05, 0.1) is 7.11 Å². The molecule has 112 valence electrons. The van der Waals surface area contributed by atoms with Gasteiger partial charge in [-0.05, 0) is 52.1 Å². The molecular weight excluding hydrogens is 240 g/mol. The summed E-state index contributed by atoms with van der Waals surface area (Å²) in [5, 5.41) is 3.36. The van der Waals surface area contributed by atoms with Gasteiger partial charge in [-0.1, -0.05) is 13.8 Å². The number of likely N-dealkylation sites (tertiary alicyclic amines) is 1. The summed E-state index contributed by atoms with van der Waals surface area (Å²) in [5.74, 6) is 0.621. The zero-order valence-electron chi connectivity index (χ0n) is 13.2. The molecule has 3 unspecified atom stereocenters. The van der Waals surface area contributed by atoms with Crippen LogP contribution in [-0.4, -0.2) is 49.2 Å². The van der Waals surface area contributed by atoms with Gasteiger partial charge in [-0.15, -0.1) is 0 Å². The van der Waals surface area contributed by atoms with Crippen molar-refractivity contribution in [2.75, 3.05) is 26.7 Å². The first kappa shape index (κ1) is 16.4. The van der Waals surface area contributed by atoms with E-state index in [1.54, 1.807) is 0 Å². The third-order valence-electron chi connectivity index (χ3n) is 4.18. The Kier molecular flexibility index (Phi) is 6.27. The van der Waals surface area contributed by atoms with Crippen molar-refractivity contribution in [3.05, 3.63) is 0 Å². The summed E-state index contributed by atoms with van der Waals surface area (Å²) in [6.07, 6.45) is 3.08. The first-order chi connectivity index (χ1) is 8.92. The lowest BCUT2D eigenvalue weighted by molar-refractivity contribution is -0.148. The fourth-order valence-corrected chi connectivity index (χ4v) is 2.94. The van der Waals surface area contributed by atoms with E-state index in [2.05, 4.69) is 31.0 Å². The summed E-state index contributed by atoms with van der Waals surface area (Å²) in [4.78, 5) is 14.5. The van der Waals surface area contributed by atoms with E-state index >= 15 is 0 Å². The van der Waals surface area contributed by atoms with Crippen molar-refractivity contribution in [3.8, 4) is 0 Å². The maximum atomic E-state index is 12.1. The average Bonchev–Trinajstić information content (AvgIpc) is 2.82. The average molecular weight is 270 g/mol. The highest BCUT2D eigenvalue weighted by atomic mass is 16.5. The number of hydrogen-bond acceptors (Lipinski definition) is 4. The minimum atomic E-state index is -0.573. The monoisotopic (exact) mass is 270 g/mol. The van der Waals surface area contributed by atoms with Gasteiger partial charge in [-0.25, -0.2) is 0 Å². The van der Waals surface area contributed by atoms with Crippen LogP contribution in [0.3, 0.4) is 0 Å². The van der Waals surface area contributed by atoms with E-state index < -0.39 is 5.54 Å². The number of nitrogens with zero attached hydrogens (tertiary/aromatic N) is 1. The molecule has 0 saturated carbocycles. The van der Waals surface area contributed by atoms with E-state index in [9.17, 15) is 4.79 Å². The second kappa shape index (κ2) is 7.25. The summed E-state index contributed by atoms with van der Waals surface area (Å²) in [6, 6.07) is 0.401. The van der Waals surface area contributed by atoms with Crippen molar-refractivity contribution >= 4 is 5.97 Å². The van der Waals surface area contributed by atoms with E-state index in [0.29, 0.717) is 6.04 Å². The van der Waals surface area contributed by atoms with Gasteiger partial charge in [0.1, 0.15) is 5.54 Å². The standard InChI is InChI=1S/C15H30N2O2/c1-6-8-16-15(4,14(18)19-5)10-13(3)17-9-7-12(2)11-17/h12-13,16H,6-11H2,1-5H3. The van der Waals surface area contributed by atoms with Crippen LogP contribution in [0.4, 0.5) is 0 Å². The number of carbonyl (C=O) groups excluding carboxylic acids is 1. The molecular formula is C15H30N2O2. The second-order valence-corrected chi connectivity index (χ2v) is 6.19. The van der Waals surface area contributed by atoms with Gasteiger partial charge >= 0.3 is 5.97 Å². The van der Waals surface area contributed by atoms with Crippen LogP contribution in [0.1, 0.15) is 47.0 Å². The Morgan fingerprint density at radius 3 is 2.74 bits per heavy atom. The fraction of sp³-hybridized carbons (Fsp3) is 0.933. The zero-order chi connectivity index (χ0) is 14.5. The summed E-state index contributed by atoms with van der Waals surface area (Å²) in [7, 11) is 1.47. The number of methoxy groups -OCH3 is 1. The fourth-order valence-electron chi connectivity index (χ4n) is 2.94. The van der Waals surface area contributed by atoms with Crippen molar-refractivity contribution in [2.45, 2.75) is 58.5 Å². The largest absolute Gasteiger partial charge is 0.468 e. The van der Waals surface area contributed by atoms with Crippen molar-refractivity contribution in [1.29, 1.82) is 0 Å². The molecule has 1 rings (SSSR count). The Morgan fingerprint density at radius 1 is 1.58 bits per heavy atom. The molecule has 0 bridgehead atoms. The van der Waals surface area contributed by atoms with Crippen LogP contribution in [0.2, 0.25) is 0 Å². The van der Waals surface area contributed by atoms with Crippen molar-refractivity contribution in [1.82, 2.24) is 10.2 Å². The molecule has 0 spiro atoms. The molecule has 0 aromatic rings. The van der Waals surface area contributed by atoms with Crippen molar-refractivity contribution in [3.63, 3.8) is 0 Å². The molecule has 1 fully saturated rings. The smallest absolute Gasteiger partial charge is 0.325 e. The molecule has 1 aliphatic heterocycles. The SMILES string of the molecule is CCCNC(C)(CC(C)N1CCC(C)C1)C(=O)OC. The molecule has 19 heavy (non-hydrogen) atoms. The molecule has 0 aromatic carbocycles. The quantitative estimate of drug-likeness (QED) is 0.719. The van der Waals surface area contributed by atoms with Crippen LogP contribution in [-0.2, 0) is 9.53 Å². The number of nitrogens with one attached hydrogen (secondary N) is 1. The Morgan fingerprint density at radius 2 is 2.26 bits per heavy atom. The van der Waals surface area contributed by atoms with E-state index in [1.165, 1.54) is 13.5 Å². The maximum Gasteiger partial charge on any atom is 0.325 e. The highest BCUT2D eigenvalue weighted by Crippen LogP contribution is 2.23. The predicted octanol–water partition coefficient (Wildman–Crippen LogP) is 2.04. The Bertz CT molecular complexity index is 296. The lowest BCUT2D eigenvalue weighted by Gasteiger charge is -2.34. The molecule has 3 atom stereocenters. The van der Waals surface area contributed by atoms with Gasteiger partial charge in [0.15, 0.2) is 0 Å². The number of carbonyl (C=O) groups is 1. The van der Waals surface area contributed by atoms with E-state index in [4.69, 9.17) is 4.74 Å². The summed E-state index contributed by atoms with van der Waals surface area (Å²) < 4.78 is 4.98. The Labute approximate surface area is 117 Å². The van der Waals surface area contributed by atoms with E-state index in [0.717, 1.165) is 38.4 Å². The normalized spacial score (nSPS) is 25.0. The molecule has 1 heterocycles. The minimum Gasteiger partial charge on any atom is -0.468 e. The number of esters is 1. The third-order valence-corrected chi connectivity index (χ3v) is 4.18. The molecule has 1 saturated heterocycles. The van der Waals surface area contributed by atoms with E-state index in [1.807, 2.05) is 6.92 Å². The van der Waals surface area contributed by atoms with E-state index in [-0.39, 0.29) is 5.97 Å². The van der Waals surface area contributed by atoms with Crippen LogP contribution in [0.15, 0.2) is 0 Å². The van der Waals surface area contributed by atoms with Gasteiger partial charge in [-0.3, -0.25) is 4.79 Å². The number of rotatable bonds is 7. The lowest BCUT2D eigenvalue weighted by atomic mass is 9.92. The Hall–Kier alpha value is -0.610. The topological polar surface area (TPSA) is 41.6 Å². The van der Waals surface area contributed by atoms with Crippen LogP contribution in [0, 0.1) is 5.92 Å². The van der Waals surface area contributed by atoms with Crippen molar-refractivity contribution in [2.24, 2.45) is 5.92 Å². The predicted molar refractivity (Wildman–Crippen MR) is 78.1 cm³/mol. The molecule has 1 aliphatic rings. The zero-order valence-corrected chi connectivity index (χ0v) is 13.2. The molecule has 0 aromatic heterocycles. The van der Waals surface area contributed by atoms with Gasteiger partial charge in [-0.2, -0.15) is 0 Å². The second-order valence-electron chi connectivity index (χ2n) is 6.19. The summed E-state index contributed by atoms with van der Waals surface area (Å²) in [5.41, 5.74) is -0.573. The molecule has 4 heteroatoms. The molecule has 0 aliphatic carbocycles. The van der Waals surface area contributed by atoms with Crippen LogP contribution >= 0.6 is 0 Å². The maximum absolute atomic E-state index is 12.1. The summed E-state index contributed by atoms with van der Waals surface area (Å²) >= 11 is 0. The lowest BCUT2D eigenvalue weighted by Crippen LogP contribution is -2.54. The molecule has 1 N–H and O–H groups in total. The Balaban J connectivity index is 2.63. The summed E-state index contributed by atoms with van der Waals surface area (Å²) in [6.45, 7) is 11.7.